The summed E-state index contributed by atoms with van der Waals surface area (Å²) in [6, 6.07) is 11.8. The van der Waals surface area contributed by atoms with Gasteiger partial charge in [0.25, 0.3) is 5.69 Å². The fraction of sp³-hybridized carbons (Fsp3) is 0.368. The molecule has 0 atom stereocenters. The van der Waals surface area contributed by atoms with Crippen molar-refractivity contribution in [3.8, 4) is 0 Å². The van der Waals surface area contributed by atoms with Crippen LogP contribution in [-0.4, -0.2) is 51.6 Å². The highest BCUT2D eigenvalue weighted by molar-refractivity contribution is 7.89. The van der Waals surface area contributed by atoms with E-state index in [0.717, 1.165) is 36.8 Å². The van der Waals surface area contributed by atoms with E-state index in [2.05, 4.69) is 14.9 Å². The number of morpholine rings is 1. The van der Waals surface area contributed by atoms with Crippen molar-refractivity contribution in [2.75, 3.05) is 38.7 Å². The van der Waals surface area contributed by atoms with Crippen molar-refractivity contribution in [3.63, 3.8) is 0 Å². The van der Waals surface area contributed by atoms with Crippen LogP contribution in [0.2, 0.25) is 0 Å². The highest BCUT2D eigenvalue weighted by Crippen LogP contribution is 2.28. The lowest BCUT2D eigenvalue weighted by Crippen LogP contribution is -2.35. The number of sulfonamides is 1. The van der Waals surface area contributed by atoms with E-state index in [9.17, 15) is 18.5 Å². The van der Waals surface area contributed by atoms with Gasteiger partial charge >= 0.3 is 0 Å². The fourth-order valence-electron chi connectivity index (χ4n) is 3.17. The predicted octanol–water partition coefficient (Wildman–Crippen LogP) is 1.95. The van der Waals surface area contributed by atoms with Gasteiger partial charge in [-0.1, -0.05) is 24.3 Å². The van der Waals surface area contributed by atoms with Crippen LogP contribution in [-0.2, 0) is 27.8 Å². The molecule has 0 radical (unpaired) electrons. The van der Waals surface area contributed by atoms with Crippen LogP contribution in [0.3, 0.4) is 0 Å². The fourth-order valence-corrected chi connectivity index (χ4v) is 3.92. The third-order valence-corrected chi connectivity index (χ3v) is 6.24. The summed E-state index contributed by atoms with van der Waals surface area (Å²) in [6.45, 7) is 4.34. The topological polar surface area (TPSA) is 114 Å². The SMILES string of the molecule is CNS(=O)(=O)c1ccc(NCc2ccccc2CN2CCOCC2)c([N+](=O)[O-])c1. The number of hydrogen-bond acceptors (Lipinski definition) is 7. The van der Waals surface area contributed by atoms with Gasteiger partial charge in [0.2, 0.25) is 10.0 Å². The van der Waals surface area contributed by atoms with Crippen molar-refractivity contribution in [1.29, 1.82) is 0 Å². The number of nitrogens with zero attached hydrogens (tertiary/aromatic N) is 2. The summed E-state index contributed by atoms with van der Waals surface area (Å²) in [5.41, 5.74) is 2.15. The average molecular weight is 420 g/mol. The van der Waals surface area contributed by atoms with E-state index >= 15 is 0 Å². The minimum Gasteiger partial charge on any atom is -0.379 e. The summed E-state index contributed by atoms with van der Waals surface area (Å²) in [5.74, 6) is 0. The highest BCUT2D eigenvalue weighted by Gasteiger charge is 2.20. The van der Waals surface area contributed by atoms with Gasteiger partial charge in [0.1, 0.15) is 5.69 Å². The average Bonchev–Trinajstić information content (AvgIpc) is 2.73. The van der Waals surface area contributed by atoms with Gasteiger partial charge in [-0.15, -0.1) is 0 Å². The summed E-state index contributed by atoms with van der Waals surface area (Å²) in [6.07, 6.45) is 0. The van der Waals surface area contributed by atoms with Crippen molar-refractivity contribution in [2.45, 2.75) is 18.0 Å². The molecule has 0 unspecified atom stereocenters. The monoisotopic (exact) mass is 420 g/mol. The first kappa shape index (κ1) is 21.2. The summed E-state index contributed by atoms with van der Waals surface area (Å²) in [4.78, 5) is 13.0. The van der Waals surface area contributed by atoms with E-state index in [1.807, 2.05) is 24.3 Å². The Bertz CT molecular complexity index is 974. The molecule has 0 aliphatic carbocycles. The number of rotatable bonds is 8. The quantitative estimate of drug-likeness (QED) is 0.496. The molecule has 2 N–H and O–H groups in total. The van der Waals surface area contributed by atoms with Crippen molar-refractivity contribution in [1.82, 2.24) is 9.62 Å². The molecule has 2 aromatic carbocycles. The Kier molecular flexibility index (Phi) is 6.80. The second kappa shape index (κ2) is 9.31. The number of anilines is 1. The van der Waals surface area contributed by atoms with Gasteiger partial charge in [0.15, 0.2) is 0 Å². The predicted molar refractivity (Wildman–Crippen MR) is 109 cm³/mol. The molecule has 0 aromatic heterocycles. The first-order valence-electron chi connectivity index (χ1n) is 9.23. The zero-order chi connectivity index (χ0) is 20.9. The first-order chi connectivity index (χ1) is 13.9. The Balaban J connectivity index is 1.78. The number of benzene rings is 2. The Morgan fingerprint density at radius 1 is 1.14 bits per heavy atom. The molecule has 10 heteroatoms. The zero-order valence-corrected chi connectivity index (χ0v) is 16.9. The Morgan fingerprint density at radius 2 is 1.83 bits per heavy atom. The Morgan fingerprint density at radius 3 is 2.48 bits per heavy atom. The third-order valence-electron chi connectivity index (χ3n) is 4.83. The van der Waals surface area contributed by atoms with Crippen molar-refractivity contribution in [3.05, 3.63) is 63.7 Å². The van der Waals surface area contributed by atoms with Crippen LogP contribution in [0.25, 0.3) is 0 Å². The van der Waals surface area contributed by atoms with Crippen molar-refractivity contribution >= 4 is 21.4 Å². The first-order valence-corrected chi connectivity index (χ1v) is 10.7. The van der Waals surface area contributed by atoms with Gasteiger partial charge in [-0.2, -0.15) is 0 Å². The van der Waals surface area contributed by atoms with Crippen LogP contribution in [0.4, 0.5) is 11.4 Å². The van der Waals surface area contributed by atoms with Crippen LogP contribution in [0.1, 0.15) is 11.1 Å². The minimum absolute atomic E-state index is 0.148. The van der Waals surface area contributed by atoms with E-state index in [1.165, 1.54) is 19.2 Å². The molecular formula is C19H24N4O5S. The molecule has 0 saturated carbocycles. The zero-order valence-electron chi connectivity index (χ0n) is 16.1. The van der Waals surface area contributed by atoms with Crippen LogP contribution >= 0.6 is 0 Å². The van der Waals surface area contributed by atoms with E-state index in [4.69, 9.17) is 4.74 Å². The Hall–Kier alpha value is -2.53. The van der Waals surface area contributed by atoms with Gasteiger partial charge in [0.05, 0.1) is 23.0 Å². The largest absolute Gasteiger partial charge is 0.379 e. The standard InChI is InChI=1S/C19H24N4O5S/c1-20-29(26,27)17-6-7-18(19(12-17)23(24)25)21-13-15-4-2-3-5-16(15)14-22-8-10-28-11-9-22/h2-7,12,20-21H,8-11,13-14H2,1H3. The summed E-state index contributed by atoms with van der Waals surface area (Å²) in [5, 5.41) is 14.5. The van der Waals surface area contributed by atoms with Gasteiger partial charge < -0.3 is 10.1 Å². The van der Waals surface area contributed by atoms with Crippen LogP contribution in [0.5, 0.6) is 0 Å². The maximum atomic E-state index is 11.9. The van der Waals surface area contributed by atoms with E-state index in [0.29, 0.717) is 19.8 Å². The van der Waals surface area contributed by atoms with Gasteiger partial charge in [-0.3, -0.25) is 15.0 Å². The second-order valence-electron chi connectivity index (χ2n) is 6.65. The summed E-state index contributed by atoms with van der Waals surface area (Å²) < 4.78 is 31.4. The lowest BCUT2D eigenvalue weighted by Gasteiger charge is -2.27. The highest BCUT2D eigenvalue weighted by atomic mass is 32.2. The molecule has 1 aliphatic rings. The van der Waals surface area contributed by atoms with Crippen molar-refractivity contribution in [2.24, 2.45) is 0 Å². The molecule has 0 spiro atoms. The molecule has 2 aromatic rings. The molecule has 0 bridgehead atoms. The normalized spacial score (nSPS) is 15.2. The Labute approximate surface area is 169 Å². The van der Waals surface area contributed by atoms with E-state index in [1.54, 1.807) is 0 Å². The van der Waals surface area contributed by atoms with E-state index < -0.39 is 14.9 Å². The van der Waals surface area contributed by atoms with Gasteiger partial charge in [0, 0.05) is 32.2 Å². The summed E-state index contributed by atoms with van der Waals surface area (Å²) >= 11 is 0. The van der Waals surface area contributed by atoms with Crippen LogP contribution < -0.4 is 10.0 Å². The number of nitro groups is 1. The third kappa shape index (κ3) is 5.30. The minimum atomic E-state index is -3.76. The molecule has 1 fully saturated rings. The van der Waals surface area contributed by atoms with E-state index in [-0.39, 0.29) is 16.3 Å². The van der Waals surface area contributed by atoms with Crippen LogP contribution in [0, 0.1) is 10.1 Å². The molecule has 0 amide bonds. The number of nitrogens with one attached hydrogen (secondary N) is 2. The molecule has 3 rings (SSSR count). The molecule has 1 saturated heterocycles. The molecule has 156 valence electrons. The van der Waals surface area contributed by atoms with Crippen LogP contribution in [0.15, 0.2) is 47.4 Å². The lowest BCUT2D eigenvalue weighted by atomic mass is 10.1. The number of nitro benzene ring substituents is 1. The molecule has 1 aliphatic heterocycles. The number of ether oxygens (including phenoxy) is 1. The lowest BCUT2D eigenvalue weighted by molar-refractivity contribution is -0.384. The molecule has 1 heterocycles. The number of hydrogen-bond donors (Lipinski definition) is 2. The molecular weight excluding hydrogens is 396 g/mol. The van der Waals surface area contributed by atoms with Gasteiger partial charge in [-0.05, 0) is 30.3 Å². The maximum absolute atomic E-state index is 11.9. The maximum Gasteiger partial charge on any atom is 0.293 e. The van der Waals surface area contributed by atoms with Crippen molar-refractivity contribution < 1.29 is 18.1 Å². The van der Waals surface area contributed by atoms with Gasteiger partial charge in [-0.25, -0.2) is 13.1 Å². The summed E-state index contributed by atoms with van der Waals surface area (Å²) in [7, 11) is -2.50. The molecule has 9 nitrogen and oxygen atoms in total. The second-order valence-corrected chi connectivity index (χ2v) is 8.54. The smallest absolute Gasteiger partial charge is 0.293 e. The molecule has 29 heavy (non-hydrogen) atoms.